The first-order valence-electron chi connectivity index (χ1n) is 12.7. The number of amides is 2. The maximum absolute atomic E-state index is 13.6. The Kier molecular flexibility index (Phi) is 7.99. The van der Waals surface area contributed by atoms with Gasteiger partial charge in [-0.3, -0.25) is 19.4 Å². The Bertz CT molecular complexity index is 1630. The van der Waals surface area contributed by atoms with Gasteiger partial charge in [0.25, 0.3) is 11.8 Å². The smallest absolute Gasteiger partial charge is 0.452 e. The van der Waals surface area contributed by atoms with Gasteiger partial charge in [0.15, 0.2) is 5.69 Å². The lowest BCUT2D eigenvalue weighted by molar-refractivity contribution is -0.153. The standard InChI is InChI=1S/C29H22ClF3N4O5/c30-21-14-18(27(39)37-12-10-17(11-13-37)28(40)41)6-8-20(21)22-9-7-19(15-34-22)35-25(38)23-24(29(31,32)33)42-26(36-23)16-4-2-1-3-5-16/h1-9,14-15,17H,10-13H2,(H,35,38)(H,40,41). The number of piperidine rings is 1. The zero-order valence-corrected chi connectivity index (χ0v) is 22.4. The van der Waals surface area contributed by atoms with Gasteiger partial charge in [0, 0.05) is 29.8 Å². The highest BCUT2D eigenvalue weighted by atomic mass is 35.5. The molecule has 0 atom stereocenters. The van der Waals surface area contributed by atoms with E-state index in [2.05, 4.69) is 15.3 Å². The zero-order chi connectivity index (χ0) is 30.0. The summed E-state index contributed by atoms with van der Waals surface area (Å²) in [5.74, 6) is -4.59. The second kappa shape index (κ2) is 11.6. The number of rotatable bonds is 6. The van der Waals surface area contributed by atoms with Crippen LogP contribution in [0.4, 0.5) is 18.9 Å². The van der Waals surface area contributed by atoms with Gasteiger partial charge in [-0.05, 0) is 49.2 Å². The molecular formula is C29H22ClF3N4O5. The maximum atomic E-state index is 13.6. The fraction of sp³-hybridized carbons (Fsp3) is 0.207. The van der Waals surface area contributed by atoms with Crippen molar-refractivity contribution >= 4 is 35.1 Å². The molecule has 0 aliphatic carbocycles. The predicted octanol–water partition coefficient (Wildman–Crippen LogP) is 6.26. The Morgan fingerprint density at radius 3 is 2.33 bits per heavy atom. The summed E-state index contributed by atoms with van der Waals surface area (Å²) in [6.07, 6.45) is -2.95. The van der Waals surface area contributed by atoms with Gasteiger partial charge in [0.2, 0.25) is 11.7 Å². The Hall–Kier alpha value is -4.71. The van der Waals surface area contributed by atoms with E-state index in [0.29, 0.717) is 42.8 Å². The summed E-state index contributed by atoms with van der Waals surface area (Å²) in [5.41, 5.74) is 0.682. The first-order valence-corrected chi connectivity index (χ1v) is 13.1. The molecular weight excluding hydrogens is 577 g/mol. The van der Waals surface area contributed by atoms with Crippen LogP contribution in [0.1, 0.15) is 39.4 Å². The van der Waals surface area contributed by atoms with E-state index in [1.807, 2.05) is 0 Å². The van der Waals surface area contributed by atoms with Crippen LogP contribution in [0.2, 0.25) is 5.02 Å². The summed E-state index contributed by atoms with van der Waals surface area (Å²) < 4.78 is 45.7. The lowest BCUT2D eigenvalue weighted by Gasteiger charge is -2.30. The molecule has 1 aliphatic heterocycles. The lowest BCUT2D eigenvalue weighted by Crippen LogP contribution is -2.40. The largest absolute Gasteiger partial charge is 0.481 e. The molecule has 216 valence electrons. The molecule has 2 aromatic heterocycles. The van der Waals surface area contributed by atoms with Crippen molar-refractivity contribution in [3.63, 3.8) is 0 Å². The Morgan fingerprint density at radius 1 is 1.02 bits per heavy atom. The number of oxazole rings is 1. The molecule has 1 saturated heterocycles. The molecule has 0 spiro atoms. The molecule has 2 N–H and O–H groups in total. The third-order valence-electron chi connectivity index (χ3n) is 6.77. The molecule has 9 nitrogen and oxygen atoms in total. The van der Waals surface area contributed by atoms with E-state index < -0.39 is 35.4 Å². The van der Waals surface area contributed by atoms with E-state index in [9.17, 15) is 27.6 Å². The summed E-state index contributed by atoms with van der Waals surface area (Å²) in [7, 11) is 0. The minimum atomic E-state index is -4.95. The van der Waals surface area contributed by atoms with E-state index >= 15 is 0 Å². The van der Waals surface area contributed by atoms with Crippen molar-refractivity contribution in [2.75, 3.05) is 18.4 Å². The number of carboxylic acid groups (broad SMARTS) is 1. The molecule has 2 aromatic carbocycles. The monoisotopic (exact) mass is 598 g/mol. The van der Waals surface area contributed by atoms with Gasteiger partial charge < -0.3 is 19.7 Å². The van der Waals surface area contributed by atoms with Crippen LogP contribution in [0.3, 0.4) is 0 Å². The van der Waals surface area contributed by atoms with Crippen LogP contribution in [0.15, 0.2) is 71.3 Å². The molecule has 42 heavy (non-hydrogen) atoms. The second-order valence-corrected chi connectivity index (χ2v) is 9.95. The fourth-order valence-electron chi connectivity index (χ4n) is 4.56. The van der Waals surface area contributed by atoms with Crippen molar-refractivity contribution in [2.24, 2.45) is 5.92 Å². The first kappa shape index (κ1) is 28.8. The van der Waals surface area contributed by atoms with Crippen molar-refractivity contribution in [2.45, 2.75) is 19.0 Å². The van der Waals surface area contributed by atoms with Crippen LogP contribution in [0.5, 0.6) is 0 Å². The van der Waals surface area contributed by atoms with Gasteiger partial charge in [-0.1, -0.05) is 35.9 Å². The minimum Gasteiger partial charge on any atom is -0.481 e. The SMILES string of the molecule is O=C(Nc1ccc(-c2ccc(C(=O)N3CCC(C(=O)O)CC3)cc2Cl)nc1)c1nc(-c2ccccc2)oc1C(F)(F)F. The zero-order valence-electron chi connectivity index (χ0n) is 21.7. The number of carbonyl (C=O) groups excluding carboxylic acids is 2. The van der Waals surface area contributed by atoms with Crippen molar-refractivity contribution in [3.8, 4) is 22.7 Å². The van der Waals surface area contributed by atoms with Gasteiger partial charge in [-0.2, -0.15) is 13.2 Å². The third-order valence-corrected chi connectivity index (χ3v) is 7.08. The number of aromatic nitrogens is 2. The number of carbonyl (C=O) groups is 3. The average molecular weight is 599 g/mol. The summed E-state index contributed by atoms with van der Waals surface area (Å²) in [4.78, 5) is 46.5. The van der Waals surface area contributed by atoms with Gasteiger partial charge in [0.05, 0.1) is 28.5 Å². The van der Waals surface area contributed by atoms with Gasteiger partial charge >= 0.3 is 12.1 Å². The number of pyridine rings is 1. The summed E-state index contributed by atoms with van der Waals surface area (Å²) in [6.45, 7) is 0.659. The summed E-state index contributed by atoms with van der Waals surface area (Å²) in [6, 6.07) is 15.5. The highest BCUT2D eigenvalue weighted by Gasteiger charge is 2.42. The van der Waals surface area contributed by atoms with Crippen molar-refractivity contribution in [3.05, 3.63) is 88.9 Å². The molecule has 13 heteroatoms. The molecule has 3 heterocycles. The number of aliphatic carboxylic acids is 1. The van der Waals surface area contributed by atoms with E-state index in [-0.39, 0.29) is 28.1 Å². The van der Waals surface area contributed by atoms with E-state index in [1.165, 1.54) is 36.5 Å². The van der Waals surface area contributed by atoms with E-state index in [1.54, 1.807) is 35.2 Å². The maximum Gasteiger partial charge on any atom is 0.452 e. The normalized spacial score (nSPS) is 14.0. The van der Waals surface area contributed by atoms with Crippen LogP contribution >= 0.6 is 11.6 Å². The molecule has 1 fully saturated rings. The Morgan fingerprint density at radius 2 is 1.74 bits per heavy atom. The number of anilines is 1. The number of halogens is 4. The quantitative estimate of drug-likeness (QED) is 0.268. The molecule has 0 unspecified atom stereocenters. The number of nitrogens with one attached hydrogen (secondary N) is 1. The first-order chi connectivity index (χ1) is 20.0. The van der Waals surface area contributed by atoms with E-state index in [0.717, 1.165) is 0 Å². The molecule has 0 bridgehead atoms. The van der Waals surface area contributed by atoms with Crippen LogP contribution in [0, 0.1) is 5.92 Å². The second-order valence-electron chi connectivity index (χ2n) is 9.55. The number of likely N-dealkylation sites (tertiary alicyclic amines) is 1. The van der Waals surface area contributed by atoms with Gasteiger partial charge in [-0.25, -0.2) is 4.98 Å². The molecule has 2 amide bonds. The highest BCUT2D eigenvalue weighted by Crippen LogP contribution is 2.36. The van der Waals surface area contributed by atoms with Gasteiger partial charge in [0.1, 0.15) is 0 Å². The topological polar surface area (TPSA) is 126 Å². The number of hydrogen-bond acceptors (Lipinski definition) is 6. The molecule has 5 rings (SSSR count). The molecule has 0 radical (unpaired) electrons. The summed E-state index contributed by atoms with van der Waals surface area (Å²) >= 11 is 6.45. The Labute approximate surface area is 242 Å². The van der Waals surface area contributed by atoms with Crippen molar-refractivity contribution < 1.29 is 37.1 Å². The van der Waals surface area contributed by atoms with Gasteiger partial charge in [-0.15, -0.1) is 0 Å². The van der Waals surface area contributed by atoms with Crippen LogP contribution < -0.4 is 5.32 Å². The summed E-state index contributed by atoms with van der Waals surface area (Å²) in [5, 5.41) is 11.7. The number of benzene rings is 2. The fourth-order valence-corrected chi connectivity index (χ4v) is 4.83. The van der Waals surface area contributed by atoms with Crippen molar-refractivity contribution in [1.29, 1.82) is 0 Å². The minimum absolute atomic E-state index is 0.105. The third kappa shape index (κ3) is 6.13. The molecule has 4 aromatic rings. The number of alkyl halides is 3. The Balaban J connectivity index is 1.29. The average Bonchev–Trinajstić information content (AvgIpc) is 3.45. The molecule has 1 aliphatic rings. The number of hydrogen-bond donors (Lipinski definition) is 2. The number of nitrogens with zero attached hydrogens (tertiary/aromatic N) is 3. The van der Waals surface area contributed by atoms with Crippen LogP contribution in [-0.2, 0) is 11.0 Å². The predicted molar refractivity (Wildman–Crippen MR) is 146 cm³/mol. The van der Waals surface area contributed by atoms with E-state index in [4.69, 9.17) is 21.1 Å². The number of carboxylic acids is 1. The highest BCUT2D eigenvalue weighted by molar-refractivity contribution is 6.33. The van der Waals surface area contributed by atoms with Crippen LogP contribution in [-0.4, -0.2) is 50.8 Å². The van der Waals surface area contributed by atoms with Crippen LogP contribution in [0.25, 0.3) is 22.7 Å². The van der Waals surface area contributed by atoms with Crippen molar-refractivity contribution in [1.82, 2.24) is 14.9 Å². The lowest BCUT2D eigenvalue weighted by atomic mass is 9.96. The molecule has 0 saturated carbocycles.